The van der Waals surface area contributed by atoms with Crippen molar-refractivity contribution in [1.29, 1.82) is 0 Å². The molecule has 0 bridgehead atoms. The van der Waals surface area contributed by atoms with Crippen molar-refractivity contribution in [1.82, 2.24) is 10.3 Å². The zero-order valence-corrected chi connectivity index (χ0v) is 17.4. The maximum atomic E-state index is 12.2. The number of ether oxygens (including phenoxy) is 1. The summed E-state index contributed by atoms with van der Waals surface area (Å²) in [4.78, 5) is 29.8. The van der Waals surface area contributed by atoms with Gasteiger partial charge in [0.05, 0.1) is 23.7 Å². The van der Waals surface area contributed by atoms with Gasteiger partial charge in [-0.15, -0.1) is 22.7 Å². The second-order valence-electron chi connectivity index (χ2n) is 6.50. The molecule has 1 aliphatic heterocycles. The van der Waals surface area contributed by atoms with Crippen LogP contribution in [0.5, 0.6) is 5.75 Å². The molecule has 29 heavy (non-hydrogen) atoms. The predicted octanol–water partition coefficient (Wildman–Crippen LogP) is 4.09. The summed E-state index contributed by atoms with van der Waals surface area (Å²) in [7, 11) is 0. The van der Waals surface area contributed by atoms with E-state index in [4.69, 9.17) is 4.74 Å². The average Bonchev–Trinajstić information content (AvgIpc) is 3.44. The molecule has 3 heterocycles. The van der Waals surface area contributed by atoms with E-state index >= 15 is 0 Å². The average molecular weight is 426 g/mol. The number of rotatable bonds is 6. The monoisotopic (exact) mass is 425 g/mol. The predicted molar refractivity (Wildman–Crippen MR) is 116 cm³/mol. The molecule has 148 valence electrons. The van der Waals surface area contributed by atoms with Crippen LogP contribution in [0.4, 0.5) is 5.13 Å². The van der Waals surface area contributed by atoms with Crippen molar-refractivity contribution in [2.75, 3.05) is 11.9 Å². The highest BCUT2D eigenvalue weighted by Crippen LogP contribution is 2.31. The van der Waals surface area contributed by atoms with E-state index in [2.05, 4.69) is 15.6 Å². The minimum atomic E-state index is -0.222. The highest BCUT2D eigenvalue weighted by molar-refractivity contribution is 7.17. The van der Waals surface area contributed by atoms with Gasteiger partial charge in [0, 0.05) is 29.7 Å². The molecule has 2 N–H and O–H groups in total. The third kappa shape index (κ3) is 4.90. The first-order chi connectivity index (χ1) is 14.1. The normalized spacial score (nSPS) is 12.6. The van der Waals surface area contributed by atoms with Gasteiger partial charge in [0.2, 0.25) is 11.8 Å². The smallest absolute Gasteiger partial charge is 0.250 e. The summed E-state index contributed by atoms with van der Waals surface area (Å²) in [6.45, 7) is 2.72. The molecule has 1 aliphatic rings. The fraction of sp³-hybridized carbons (Fsp3) is 0.190. The van der Waals surface area contributed by atoms with Crippen LogP contribution in [0.2, 0.25) is 0 Å². The quantitative estimate of drug-likeness (QED) is 0.583. The van der Waals surface area contributed by atoms with E-state index in [9.17, 15) is 9.59 Å². The number of nitrogens with zero attached hydrogens (tertiary/aromatic N) is 1. The molecule has 0 saturated carbocycles. The first-order valence-electron chi connectivity index (χ1n) is 9.11. The lowest BCUT2D eigenvalue weighted by Gasteiger charge is -2.00. The number of anilines is 1. The summed E-state index contributed by atoms with van der Waals surface area (Å²) < 4.78 is 5.49. The van der Waals surface area contributed by atoms with Crippen LogP contribution < -0.4 is 15.4 Å². The Bertz CT molecular complexity index is 1080. The Morgan fingerprint density at radius 3 is 3.03 bits per heavy atom. The number of amides is 2. The number of hydrogen-bond acceptors (Lipinski definition) is 6. The van der Waals surface area contributed by atoms with Crippen molar-refractivity contribution in [3.05, 3.63) is 57.8 Å². The van der Waals surface area contributed by atoms with Crippen molar-refractivity contribution in [3.8, 4) is 16.3 Å². The Labute approximate surface area is 176 Å². The van der Waals surface area contributed by atoms with Crippen molar-refractivity contribution in [2.24, 2.45) is 0 Å². The molecule has 6 nitrogen and oxygen atoms in total. The lowest BCUT2D eigenvalue weighted by molar-refractivity contribution is -0.119. The van der Waals surface area contributed by atoms with Gasteiger partial charge in [0.15, 0.2) is 5.13 Å². The number of thiophene rings is 1. The molecule has 2 aromatic heterocycles. The number of thiazole rings is 1. The zero-order valence-electron chi connectivity index (χ0n) is 15.7. The van der Waals surface area contributed by atoms with Crippen molar-refractivity contribution in [2.45, 2.75) is 19.9 Å². The first kappa shape index (κ1) is 19.4. The topological polar surface area (TPSA) is 80.3 Å². The molecule has 0 atom stereocenters. The van der Waals surface area contributed by atoms with Gasteiger partial charge in [-0.2, -0.15) is 0 Å². The third-order valence-electron chi connectivity index (χ3n) is 4.30. The van der Waals surface area contributed by atoms with Crippen LogP contribution in [0, 0.1) is 0 Å². The highest BCUT2D eigenvalue weighted by Gasteiger charge is 2.12. The van der Waals surface area contributed by atoms with Crippen LogP contribution in [0.15, 0.2) is 41.8 Å². The molecule has 3 aromatic rings. The van der Waals surface area contributed by atoms with Gasteiger partial charge in [-0.25, -0.2) is 4.98 Å². The summed E-state index contributed by atoms with van der Waals surface area (Å²) in [6, 6.07) is 9.86. The largest absolute Gasteiger partial charge is 0.493 e. The lowest BCUT2D eigenvalue weighted by Crippen LogP contribution is -2.17. The third-order valence-corrected chi connectivity index (χ3v) is 6.17. The van der Waals surface area contributed by atoms with E-state index in [1.54, 1.807) is 17.4 Å². The molecular weight excluding hydrogens is 406 g/mol. The lowest BCUT2D eigenvalue weighted by atomic mass is 10.1. The van der Waals surface area contributed by atoms with Crippen LogP contribution in [0.3, 0.4) is 0 Å². The summed E-state index contributed by atoms with van der Waals surface area (Å²) in [5, 5.41) is 8.05. The second-order valence-corrected chi connectivity index (χ2v) is 8.53. The maximum absolute atomic E-state index is 12.2. The minimum absolute atomic E-state index is 0.0557. The van der Waals surface area contributed by atoms with Gasteiger partial charge in [0.25, 0.3) is 0 Å². The second kappa shape index (κ2) is 8.59. The van der Waals surface area contributed by atoms with E-state index in [1.807, 2.05) is 35.7 Å². The highest BCUT2D eigenvalue weighted by atomic mass is 32.1. The van der Waals surface area contributed by atoms with Gasteiger partial charge < -0.3 is 10.1 Å². The Balaban J connectivity index is 1.36. The fourth-order valence-electron chi connectivity index (χ4n) is 2.90. The Morgan fingerprint density at radius 2 is 2.17 bits per heavy atom. The molecule has 0 radical (unpaired) electrons. The Hall–Kier alpha value is -2.97. The number of carbonyl (C=O) groups excluding carboxylic acids is 2. The molecule has 0 unspecified atom stereocenters. The van der Waals surface area contributed by atoms with Crippen LogP contribution in [0.1, 0.15) is 22.9 Å². The van der Waals surface area contributed by atoms with Gasteiger partial charge >= 0.3 is 0 Å². The van der Waals surface area contributed by atoms with E-state index in [0.29, 0.717) is 18.3 Å². The maximum Gasteiger partial charge on any atom is 0.250 e. The number of benzene rings is 1. The number of aromatic nitrogens is 1. The van der Waals surface area contributed by atoms with E-state index < -0.39 is 0 Å². The Kier molecular flexibility index (Phi) is 5.73. The summed E-state index contributed by atoms with van der Waals surface area (Å²) >= 11 is 2.95. The van der Waals surface area contributed by atoms with Gasteiger partial charge in [-0.05, 0) is 41.5 Å². The van der Waals surface area contributed by atoms with Crippen molar-refractivity contribution in [3.63, 3.8) is 0 Å². The van der Waals surface area contributed by atoms with Gasteiger partial charge in [0.1, 0.15) is 5.75 Å². The van der Waals surface area contributed by atoms with E-state index in [-0.39, 0.29) is 11.8 Å². The van der Waals surface area contributed by atoms with E-state index in [1.165, 1.54) is 29.9 Å². The van der Waals surface area contributed by atoms with E-state index in [0.717, 1.165) is 33.2 Å². The SMILES string of the molecule is CC(=O)NCc1ccc(-c2csc(NC(=O)/C=C/c3ccc4c(c3)CCO4)n2)s1. The molecule has 0 fully saturated rings. The number of hydrogen-bond donors (Lipinski definition) is 2. The fourth-order valence-corrected chi connectivity index (χ4v) is 4.59. The molecule has 8 heteroatoms. The van der Waals surface area contributed by atoms with Crippen LogP contribution in [0.25, 0.3) is 16.6 Å². The molecular formula is C21H19N3O3S2. The molecule has 1 aromatic carbocycles. The minimum Gasteiger partial charge on any atom is -0.493 e. The number of nitrogens with one attached hydrogen (secondary N) is 2. The molecule has 0 saturated heterocycles. The number of fused-ring (bicyclic) bond motifs is 1. The standard InChI is InChI=1S/C21H19N3O3S2/c1-13(25)22-11-16-4-6-19(29-16)17-12-28-21(23-17)24-20(26)7-3-14-2-5-18-15(10-14)8-9-27-18/h2-7,10,12H,8-9,11H2,1H3,(H,22,25)(H,23,24,26)/b7-3+. The summed E-state index contributed by atoms with van der Waals surface area (Å²) in [6.07, 6.45) is 4.20. The summed E-state index contributed by atoms with van der Waals surface area (Å²) in [5.41, 5.74) is 2.95. The zero-order chi connectivity index (χ0) is 20.2. The van der Waals surface area contributed by atoms with Crippen molar-refractivity contribution >= 4 is 45.7 Å². The van der Waals surface area contributed by atoms with Crippen molar-refractivity contribution < 1.29 is 14.3 Å². The van der Waals surface area contributed by atoms with Crippen LogP contribution in [-0.4, -0.2) is 23.4 Å². The van der Waals surface area contributed by atoms with Crippen LogP contribution in [-0.2, 0) is 22.6 Å². The Morgan fingerprint density at radius 1 is 1.28 bits per heavy atom. The molecule has 4 rings (SSSR count). The first-order valence-corrected chi connectivity index (χ1v) is 10.8. The van der Waals surface area contributed by atoms with Gasteiger partial charge in [-0.3, -0.25) is 14.9 Å². The molecule has 0 spiro atoms. The van der Waals surface area contributed by atoms with Crippen LogP contribution >= 0.6 is 22.7 Å². The molecule has 2 amide bonds. The summed E-state index contributed by atoms with van der Waals surface area (Å²) in [5.74, 6) is 0.649. The van der Waals surface area contributed by atoms with Gasteiger partial charge in [-0.1, -0.05) is 6.07 Å². The molecule has 0 aliphatic carbocycles. The number of carbonyl (C=O) groups is 2.